The lowest BCUT2D eigenvalue weighted by atomic mass is 10.3. The molecule has 102 valence electrons. The molecule has 0 aliphatic rings. The molecule has 0 aliphatic carbocycles. The molecule has 2 aromatic heterocycles. The molecular formula is C13H18N4OS. The van der Waals surface area contributed by atoms with Crippen molar-refractivity contribution in [2.24, 2.45) is 0 Å². The van der Waals surface area contributed by atoms with E-state index in [1.807, 2.05) is 37.5 Å². The molecule has 0 aliphatic heterocycles. The van der Waals surface area contributed by atoms with Gasteiger partial charge in [0, 0.05) is 24.7 Å². The molecule has 6 heteroatoms. The van der Waals surface area contributed by atoms with Gasteiger partial charge in [-0.25, -0.2) is 4.98 Å². The zero-order valence-corrected chi connectivity index (χ0v) is 12.2. The van der Waals surface area contributed by atoms with E-state index in [1.54, 1.807) is 0 Å². The summed E-state index contributed by atoms with van der Waals surface area (Å²) in [4.78, 5) is 19.2. The number of carbonyl (C=O) groups is 1. The summed E-state index contributed by atoms with van der Waals surface area (Å²) in [5, 5.41) is 2.87. The molecule has 1 amide bonds. The first kappa shape index (κ1) is 13.7. The van der Waals surface area contributed by atoms with Crippen LogP contribution in [0, 0.1) is 11.7 Å². The second-order valence-electron chi connectivity index (χ2n) is 4.88. The van der Waals surface area contributed by atoms with Gasteiger partial charge in [-0.3, -0.25) is 4.79 Å². The van der Waals surface area contributed by atoms with Crippen LogP contribution in [0.4, 0.5) is 0 Å². The Kier molecular flexibility index (Phi) is 3.99. The van der Waals surface area contributed by atoms with Crippen LogP contribution in [0.3, 0.4) is 0 Å². The summed E-state index contributed by atoms with van der Waals surface area (Å²) in [5.41, 5.74) is 2.64. The highest BCUT2D eigenvalue weighted by atomic mass is 32.1. The predicted octanol–water partition coefficient (Wildman–Crippen LogP) is 2.32. The molecule has 2 rings (SSSR count). The predicted molar refractivity (Wildman–Crippen MR) is 77.6 cm³/mol. The van der Waals surface area contributed by atoms with Gasteiger partial charge in [0.25, 0.3) is 0 Å². The van der Waals surface area contributed by atoms with Gasteiger partial charge in [0.05, 0.1) is 5.52 Å². The zero-order valence-electron chi connectivity index (χ0n) is 11.4. The highest BCUT2D eigenvalue weighted by molar-refractivity contribution is 7.71. The van der Waals surface area contributed by atoms with Crippen LogP contribution >= 0.6 is 12.2 Å². The minimum Gasteiger partial charge on any atom is -0.354 e. The van der Waals surface area contributed by atoms with Gasteiger partial charge in [-0.1, -0.05) is 0 Å². The van der Waals surface area contributed by atoms with Gasteiger partial charge in [0.2, 0.25) is 5.91 Å². The smallest absolute Gasteiger partial charge is 0.221 e. The Labute approximate surface area is 117 Å². The lowest BCUT2D eigenvalue weighted by molar-refractivity contribution is -0.121. The van der Waals surface area contributed by atoms with E-state index in [9.17, 15) is 4.79 Å². The summed E-state index contributed by atoms with van der Waals surface area (Å²) in [7, 11) is 0. The number of amides is 1. The molecule has 0 atom stereocenters. The third-order valence-corrected chi connectivity index (χ3v) is 3.09. The van der Waals surface area contributed by atoms with E-state index in [0.717, 1.165) is 16.9 Å². The van der Waals surface area contributed by atoms with Crippen molar-refractivity contribution in [1.82, 2.24) is 19.9 Å². The topological polar surface area (TPSA) is 62.7 Å². The molecule has 2 N–H and O–H groups in total. The number of carbonyl (C=O) groups excluding carboxylic acids is 1. The van der Waals surface area contributed by atoms with Gasteiger partial charge in [-0.05, 0) is 45.1 Å². The number of aromatic amines is 1. The third-order valence-electron chi connectivity index (χ3n) is 2.77. The largest absolute Gasteiger partial charge is 0.354 e. The fraction of sp³-hybridized carbons (Fsp3) is 0.462. The van der Waals surface area contributed by atoms with Crippen molar-refractivity contribution in [2.75, 3.05) is 0 Å². The Balaban J connectivity index is 2.21. The molecule has 0 aromatic carbocycles. The molecule has 19 heavy (non-hydrogen) atoms. The van der Waals surface area contributed by atoms with E-state index in [1.165, 1.54) is 0 Å². The van der Waals surface area contributed by atoms with E-state index >= 15 is 0 Å². The first-order chi connectivity index (χ1) is 8.97. The maximum atomic E-state index is 11.7. The molecule has 2 heterocycles. The van der Waals surface area contributed by atoms with E-state index in [4.69, 9.17) is 12.2 Å². The van der Waals surface area contributed by atoms with Crippen LogP contribution < -0.4 is 5.32 Å². The number of hydrogen-bond donors (Lipinski definition) is 2. The van der Waals surface area contributed by atoms with E-state index in [-0.39, 0.29) is 11.9 Å². The van der Waals surface area contributed by atoms with Crippen molar-refractivity contribution in [3.63, 3.8) is 0 Å². The molecule has 0 spiro atoms. The van der Waals surface area contributed by atoms with Gasteiger partial charge < -0.3 is 14.9 Å². The zero-order chi connectivity index (χ0) is 14.0. The number of aromatic nitrogens is 3. The monoisotopic (exact) mass is 278 g/mol. The number of H-pyrrole nitrogens is 1. The number of rotatable bonds is 4. The van der Waals surface area contributed by atoms with E-state index < -0.39 is 0 Å². The quantitative estimate of drug-likeness (QED) is 0.844. The molecule has 0 radical (unpaired) electrons. The number of hydrogen-bond acceptors (Lipinski definition) is 3. The summed E-state index contributed by atoms with van der Waals surface area (Å²) in [6.07, 6.45) is 0.398. The average molecular weight is 278 g/mol. The first-order valence-electron chi connectivity index (χ1n) is 6.33. The van der Waals surface area contributed by atoms with Gasteiger partial charge in [-0.2, -0.15) is 0 Å². The van der Waals surface area contributed by atoms with Crippen molar-refractivity contribution >= 4 is 29.3 Å². The van der Waals surface area contributed by atoms with Gasteiger partial charge >= 0.3 is 0 Å². The molecule has 0 saturated carbocycles. The number of nitrogens with one attached hydrogen (secondary N) is 2. The van der Waals surface area contributed by atoms with Crippen molar-refractivity contribution in [1.29, 1.82) is 0 Å². The van der Waals surface area contributed by atoms with Crippen LogP contribution in [-0.4, -0.2) is 26.5 Å². The SMILES string of the molecule is Cc1ccc2[nH]c(=S)n(CCC(=O)NC(C)C)c2n1. The first-order valence-corrected chi connectivity index (χ1v) is 6.73. The fourth-order valence-electron chi connectivity index (χ4n) is 1.94. The highest BCUT2D eigenvalue weighted by Crippen LogP contribution is 2.12. The summed E-state index contributed by atoms with van der Waals surface area (Å²) in [6, 6.07) is 4.05. The summed E-state index contributed by atoms with van der Waals surface area (Å²) in [6.45, 7) is 6.36. The van der Waals surface area contributed by atoms with Crippen LogP contribution in [0.5, 0.6) is 0 Å². The minimum atomic E-state index is 0.0268. The Hall–Kier alpha value is -1.69. The maximum absolute atomic E-state index is 11.7. The number of fused-ring (bicyclic) bond motifs is 1. The normalized spacial score (nSPS) is 11.2. The summed E-state index contributed by atoms with van der Waals surface area (Å²) in [5.74, 6) is 0.0268. The van der Waals surface area contributed by atoms with E-state index in [2.05, 4.69) is 15.3 Å². The van der Waals surface area contributed by atoms with Crippen molar-refractivity contribution < 1.29 is 4.79 Å². The van der Waals surface area contributed by atoms with Crippen LogP contribution in [0.15, 0.2) is 12.1 Å². The molecule has 0 saturated heterocycles. The average Bonchev–Trinajstić information content (AvgIpc) is 2.61. The molecule has 2 aromatic rings. The van der Waals surface area contributed by atoms with E-state index in [0.29, 0.717) is 17.7 Å². The molecule has 0 fully saturated rings. The second kappa shape index (κ2) is 5.52. The van der Waals surface area contributed by atoms with Gasteiger partial charge in [-0.15, -0.1) is 0 Å². The lowest BCUT2D eigenvalue weighted by Crippen LogP contribution is -2.30. The Morgan fingerprint density at radius 1 is 1.53 bits per heavy atom. The maximum Gasteiger partial charge on any atom is 0.221 e. The molecule has 0 bridgehead atoms. The number of pyridine rings is 1. The van der Waals surface area contributed by atoms with Crippen LogP contribution in [0.2, 0.25) is 0 Å². The number of aryl methyl sites for hydroxylation is 2. The molecule has 0 unspecified atom stereocenters. The Morgan fingerprint density at radius 3 is 2.95 bits per heavy atom. The van der Waals surface area contributed by atoms with Gasteiger partial charge in [0.15, 0.2) is 10.4 Å². The summed E-state index contributed by atoms with van der Waals surface area (Å²) < 4.78 is 2.47. The van der Waals surface area contributed by atoms with Crippen molar-refractivity contribution in [3.05, 3.63) is 22.6 Å². The van der Waals surface area contributed by atoms with Crippen LogP contribution in [-0.2, 0) is 11.3 Å². The Morgan fingerprint density at radius 2 is 2.26 bits per heavy atom. The Bertz CT molecular complexity index is 656. The second-order valence-corrected chi connectivity index (χ2v) is 5.26. The standard InChI is InChI=1S/C13H18N4OS/c1-8(2)14-11(18)6-7-17-12-10(16-13(17)19)5-4-9(3)15-12/h4-5,8H,6-7H2,1-3H3,(H,14,18)(H,16,19). The molecule has 5 nitrogen and oxygen atoms in total. The van der Waals surface area contributed by atoms with Crippen LogP contribution in [0.25, 0.3) is 11.2 Å². The lowest BCUT2D eigenvalue weighted by Gasteiger charge is -2.08. The fourth-order valence-corrected chi connectivity index (χ4v) is 2.23. The van der Waals surface area contributed by atoms with Crippen LogP contribution in [0.1, 0.15) is 26.0 Å². The van der Waals surface area contributed by atoms with Crippen molar-refractivity contribution in [3.8, 4) is 0 Å². The molecular weight excluding hydrogens is 260 g/mol. The highest BCUT2D eigenvalue weighted by Gasteiger charge is 2.09. The minimum absolute atomic E-state index is 0.0268. The van der Waals surface area contributed by atoms with Crippen molar-refractivity contribution in [2.45, 2.75) is 39.8 Å². The summed E-state index contributed by atoms with van der Waals surface area (Å²) >= 11 is 5.27. The number of nitrogens with zero attached hydrogens (tertiary/aromatic N) is 2. The van der Waals surface area contributed by atoms with Gasteiger partial charge in [0.1, 0.15) is 0 Å². The third kappa shape index (κ3) is 3.20. The number of imidazole rings is 1.